The van der Waals surface area contributed by atoms with Crippen molar-refractivity contribution in [2.24, 2.45) is 0 Å². The fraction of sp³-hybridized carbons (Fsp3) is 0.312. The SMILES string of the molecule is Oc1cccnc1CNC1CC(c2cccc(F)c2)C1. The Morgan fingerprint density at radius 2 is 2.10 bits per heavy atom. The Bertz CT molecular complexity index is 597. The summed E-state index contributed by atoms with van der Waals surface area (Å²) < 4.78 is 13.1. The molecule has 4 heteroatoms. The zero-order chi connectivity index (χ0) is 13.9. The molecular formula is C16H17FN2O. The van der Waals surface area contributed by atoms with Gasteiger partial charge in [0.25, 0.3) is 0 Å². The number of rotatable bonds is 4. The molecule has 3 nitrogen and oxygen atoms in total. The van der Waals surface area contributed by atoms with E-state index in [1.807, 2.05) is 6.07 Å². The second-order valence-electron chi connectivity index (χ2n) is 5.27. The first-order valence-electron chi connectivity index (χ1n) is 6.84. The standard InChI is InChI=1S/C16H17FN2O/c17-13-4-1-3-11(7-13)12-8-14(9-12)19-10-15-16(20)5-2-6-18-15/h1-7,12,14,19-20H,8-10H2. The lowest BCUT2D eigenvalue weighted by molar-refractivity contribution is 0.286. The zero-order valence-corrected chi connectivity index (χ0v) is 11.1. The molecule has 1 aliphatic rings. The number of nitrogens with one attached hydrogen (secondary N) is 1. The molecule has 2 N–H and O–H groups in total. The van der Waals surface area contributed by atoms with Crippen molar-refractivity contribution < 1.29 is 9.50 Å². The summed E-state index contributed by atoms with van der Waals surface area (Å²) >= 11 is 0. The minimum atomic E-state index is -0.169. The highest BCUT2D eigenvalue weighted by Gasteiger charge is 2.30. The molecule has 3 rings (SSSR count). The topological polar surface area (TPSA) is 45.2 Å². The van der Waals surface area contributed by atoms with Crippen LogP contribution in [-0.4, -0.2) is 16.1 Å². The van der Waals surface area contributed by atoms with E-state index in [0.717, 1.165) is 18.4 Å². The van der Waals surface area contributed by atoms with Crippen molar-refractivity contribution in [1.82, 2.24) is 10.3 Å². The van der Waals surface area contributed by atoms with E-state index >= 15 is 0 Å². The van der Waals surface area contributed by atoms with Gasteiger partial charge in [0.05, 0.1) is 5.69 Å². The highest BCUT2D eigenvalue weighted by molar-refractivity contribution is 5.26. The Kier molecular flexibility index (Phi) is 3.65. The predicted octanol–water partition coefficient (Wildman–Crippen LogP) is 2.96. The van der Waals surface area contributed by atoms with Gasteiger partial charge in [-0.2, -0.15) is 0 Å². The van der Waals surface area contributed by atoms with Gasteiger partial charge in [-0.15, -0.1) is 0 Å². The van der Waals surface area contributed by atoms with Gasteiger partial charge in [-0.25, -0.2) is 4.39 Å². The monoisotopic (exact) mass is 272 g/mol. The Labute approximate surface area is 117 Å². The van der Waals surface area contributed by atoms with E-state index in [4.69, 9.17) is 0 Å². The molecule has 1 heterocycles. The second-order valence-corrected chi connectivity index (χ2v) is 5.27. The van der Waals surface area contributed by atoms with Gasteiger partial charge in [-0.05, 0) is 48.6 Å². The summed E-state index contributed by atoms with van der Waals surface area (Å²) in [4.78, 5) is 4.14. The Morgan fingerprint density at radius 3 is 2.85 bits per heavy atom. The van der Waals surface area contributed by atoms with Crippen molar-refractivity contribution in [3.05, 3.63) is 59.7 Å². The predicted molar refractivity (Wildman–Crippen MR) is 74.9 cm³/mol. The summed E-state index contributed by atoms with van der Waals surface area (Å²) in [5, 5.41) is 13.0. The van der Waals surface area contributed by atoms with Gasteiger partial charge in [0.1, 0.15) is 11.6 Å². The lowest BCUT2D eigenvalue weighted by atomic mass is 9.76. The number of pyridine rings is 1. The van der Waals surface area contributed by atoms with Gasteiger partial charge in [0.15, 0.2) is 0 Å². The van der Waals surface area contributed by atoms with Crippen molar-refractivity contribution in [3.63, 3.8) is 0 Å². The Balaban J connectivity index is 1.50. The van der Waals surface area contributed by atoms with Crippen LogP contribution in [0.25, 0.3) is 0 Å². The van der Waals surface area contributed by atoms with Crippen LogP contribution in [0.15, 0.2) is 42.6 Å². The number of aromatic hydroxyl groups is 1. The molecule has 20 heavy (non-hydrogen) atoms. The molecule has 0 aliphatic heterocycles. The minimum absolute atomic E-state index is 0.169. The molecule has 0 atom stereocenters. The molecule has 0 unspecified atom stereocenters. The molecule has 0 amide bonds. The number of hydrogen-bond acceptors (Lipinski definition) is 3. The van der Waals surface area contributed by atoms with Crippen molar-refractivity contribution in [2.45, 2.75) is 31.3 Å². The zero-order valence-electron chi connectivity index (χ0n) is 11.1. The van der Waals surface area contributed by atoms with Crippen LogP contribution in [0.4, 0.5) is 4.39 Å². The van der Waals surface area contributed by atoms with Crippen molar-refractivity contribution >= 4 is 0 Å². The molecule has 1 fully saturated rings. The number of nitrogens with zero attached hydrogens (tertiary/aromatic N) is 1. The van der Waals surface area contributed by atoms with E-state index < -0.39 is 0 Å². The lowest BCUT2D eigenvalue weighted by Gasteiger charge is -2.36. The van der Waals surface area contributed by atoms with Crippen molar-refractivity contribution in [1.29, 1.82) is 0 Å². The summed E-state index contributed by atoms with van der Waals surface area (Å²) in [7, 11) is 0. The minimum Gasteiger partial charge on any atom is -0.506 e. The Hall–Kier alpha value is -1.94. The smallest absolute Gasteiger partial charge is 0.138 e. The summed E-state index contributed by atoms with van der Waals surface area (Å²) in [6.07, 6.45) is 3.67. The molecule has 1 aromatic heterocycles. The molecule has 104 valence electrons. The third-order valence-electron chi connectivity index (χ3n) is 3.88. The van der Waals surface area contributed by atoms with Gasteiger partial charge >= 0.3 is 0 Å². The van der Waals surface area contributed by atoms with Crippen LogP contribution in [0.1, 0.15) is 30.0 Å². The van der Waals surface area contributed by atoms with Gasteiger partial charge in [0.2, 0.25) is 0 Å². The summed E-state index contributed by atoms with van der Waals surface area (Å²) in [6, 6.07) is 10.6. The third kappa shape index (κ3) is 2.80. The third-order valence-corrected chi connectivity index (χ3v) is 3.88. The molecule has 1 saturated carbocycles. The van der Waals surface area contributed by atoms with Gasteiger partial charge in [-0.3, -0.25) is 4.98 Å². The fourth-order valence-electron chi connectivity index (χ4n) is 2.62. The average molecular weight is 272 g/mol. The van der Waals surface area contributed by atoms with Gasteiger partial charge < -0.3 is 10.4 Å². The maximum atomic E-state index is 13.1. The highest BCUT2D eigenvalue weighted by atomic mass is 19.1. The molecule has 0 saturated heterocycles. The molecule has 0 spiro atoms. The van der Waals surface area contributed by atoms with Crippen LogP contribution in [0.2, 0.25) is 0 Å². The van der Waals surface area contributed by atoms with E-state index in [2.05, 4.69) is 10.3 Å². The van der Waals surface area contributed by atoms with Crippen LogP contribution in [0, 0.1) is 5.82 Å². The van der Waals surface area contributed by atoms with E-state index in [-0.39, 0.29) is 11.6 Å². The first-order chi connectivity index (χ1) is 9.72. The largest absolute Gasteiger partial charge is 0.506 e. The summed E-state index contributed by atoms with van der Waals surface area (Å²) in [6.45, 7) is 0.563. The quantitative estimate of drug-likeness (QED) is 0.899. The number of benzene rings is 1. The van der Waals surface area contributed by atoms with E-state index in [0.29, 0.717) is 24.2 Å². The molecular weight excluding hydrogens is 255 g/mol. The molecule has 0 bridgehead atoms. The van der Waals surface area contributed by atoms with Crippen LogP contribution in [-0.2, 0) is 6.54 Å². The van der Waals surface area contributed by atoms with Gasteiger partial charge in [0, 0.05) is 18.8 Å². The molecule has 1 aliphatic carbocycles. The summed E-state index contributed by atoms with van der Waals surface area (Å²) in [5.41, 5.74) is 1.74. The molecule has 2 aromatic rings. The first kappa shape index (κ1) is 13.1. The number of aromatic nitrogens is 1. The van der Waals surface area contributed by atoms with Crippen LogP contribution >= 0.6 is 0 Å². The van der Waals surface area contributed by atoms with Crippen LogP contribution < -0.4 is 5.32 Å². The van der Waals surface area contributed by atoms with Crippen molar-refractivity contribution in [2.75, 3.05) is 0 Å². The normalized spacial score (nSPS) is 21.4. The second kappa shape index (κ2) is 5.59. The average Bonchev–Trinajstić information content (AvgIpc) is 2.39. The summed E-state index contributed by atoms with van der Waals surface area (Å²) in [5.74, 6) is 0.485. The van der Waals surface area contributed by atoms with Gasteiger partial charge in [-0.1, -0.05) is 12.1 Å². The first-order valence-corrected chi connectivity index (χ1v) is 6.84. The number of hydrogen-bond donors (Lipinski definition) is 2. The van der Waals surface area contributed by atoms with Crippen LogP contribution in [0.3, 0.4) is 0 Å². The number of halogens is 1. The van der Waals surface area contributed by atoms with E-state index in [1.165, 1.54) is 6.07 Å². The Morgan fingerprint density at radius 1 is 1.25 bits per heavy atom. The maximum Gasteiger partial charge on any atom is 0.138 e. The lowest BCUT2D eigenvalue weighted by Crippen LogP contribution is -2.39. The molecule has 0 radical (unpaired) electrons. The maximum absolute atomic E-state index is 13.1. The molecule has 1 aromatic carbocycles. The van der Waals surface area contributed by atoms with Crippen molar-refractivity contribution in [3.8, 4) is 5.75 Å². The highest BCUT2D eigenvalue weighted by Crippen LogP contribution is 2.37. The fourth-order valence-corrected chi connectivity index (χ4v) is 2.62. The van der Waals surface area contributed by atoms with E-state index in [9.17, 15) is 9.50 Å². The van der Waals surface area contributed by atoms with E-state index in [1.54, 1.807) is 30.5 Å². The van der Waals surface area contributed by atoms with Crippen LogP contribution in [0.5, 0.6) is 5.75 Å².